The maximum absolute atomic E-state index is 12.5. The number of nitrogens with zero attached hydrogens (tertiary/aromatic N) is 1. The average molecular weight is 397 g/mol. The van der Waals surface area contributed by atoms with Gasteiger partial charge < -0.3 is 20.6 Å². The number of hydrogen-bond acceptors (Lipinski definition) is 5. The number of carbonyl (C=O) groups is 2. The number of esters is 1. The molecule has 0 unspecified atom stereocenters. The standard InChI is InChI=1S/C22H27N3O4/c1-29-22(28)19-13-8-16-20-14(12-4-2-3-5-15(12)24-20)9-17(21(23)27)25(16)10-11(13)6-7-18(19)26/h2-5,11,13,16-19,24,26H,6-10H2,1H3,(H2,23,27)/t11-,13-,16-,17-,18-,19+/m0/s1. The number of piperidine rings is 1. The number of aromatic amines is 1. The van der Waals surface area contributed by atoms with Crippen molar-refractivity contribution in [3.8, 4) is 0 Å². The number of amides is 1. The van der Waals surface area contributed by atoms with E-state index in [1.54, 1.807) is 0 Å². The average Bonchev–Trinajstić information content (AvgIpc) is 3.10. The SMILES string of the molecule is COC(=O)[C@@H]1[C@H]2C[C@H]3c4[nH]c5ccccc5c4C[C@@H](C(N)=O)N3C[C@@H]2CC[C@@H]1O. The number of methoxy groups -OCH3 is 1. The van der Waals surface area contributed by atoms with Crippen LogP contribution in [-0.2, 0) is 20.7 Å². The van der Waals surface area contributed by atoms with Gasteiger partial charge in [-0.05, 0) is 49.1 Å². The van der Waals surface area contributed by atoms with Gasteiger partial charge in [-0.3, -0.25) is 14.5 Å². The number of aromatic nitrogens is 1. The summed E-state index contributed by atoms with van der Waals surface area (Å²) in [5.41, 5.74) is 9.14. The molecule has 5 rings (SSSR count). The van der Waals surface area contributed by atoms with E-state index < -0.39 is 12.0 Å². The second-order valence-electron chi connectivity index (χ2n) is 8.75. The number of aliphatic hydroxyl groups is 1. The first-order valence-electron chi connectivity index (χ1n) is 10.4. The van der Waals surface area contributed by atoms with Gasteiger partial charge in [0.2, 0.25) is 5.91 Å². The molecular weight excluding hydrogens is 370 g/mol. The summed E-state index contributed by atoms with van der Waals surface area (Å²) < 4.78 is 5.03. The fourth-order valence-electron chi connectivity index (χ4n) is 6.11. The highest BCUT2D eigenvalue weighted by Gasteiger charge is 2.52. The van der Waals surface area contributed by atoms with E-state index in [4.69, 9.17) is 10.5 Å². The topological polar surface area (TPSA) is 109 Å². The molecule has 1 aliphatic carbocycles. The fraction of sp³-hybridized carbons (Fsp3) is 0.545. The van der Waals surface area contributed by atoms with Crippen molar-refractivity contribution in [3.05, 3.63) is 35.5 Å². The lowest BCUT2D eigenvalue weighted by molar-refractivity contribution is -0.161. The van der Waals surface area contributed by atoms with E-state index >= 15 is 0 Å². The molecule has 3 heterocycles. The summed E-state index contributed by atoms with van der Waals surface area (Å²) in [6.07, 6.45) is 2.05. The van der Waals surface area contributed by atoms with Crippen LogP contribution in [0.3, 0.4) is 0 Å². The molecule has 1 aromatic heterocycles. The number of aliphatic hydroxyl groups excluding tert-OH is 1. The highest BCUT2D eigenvalue weighted by Crippen LogP contribution is 2.50. The summed E-state index contributed by atoms with van der Waals surface area (Å²) in [7, 11) is 1.38. The third kappa shape index (κ3) is 2.79. The Balaban J connectivity index is 1.59. The van der Waals surface area contributed by atoms with Crippen molar-refractivity contribution in [3.63, 3.8) is 0 Å². The Morgan fingerprint density at radius 2 is 2.07 bits per heavy atom. The molecule has 4 N–H and O–H groups in total. The van der Waals surface area contributed by atoms with Crippen molar-refractivity contribution < 1.29 is 19.4 Å². The Morgan fingerprint density at radius 3 is 2.83 bits per heavy atom. The van der Waals surface area contributed by atoms with Crippen LogP contribution in [0.5, 0.6) is 0 Å². The van der Waals surface area contributed by atoms with E-state index in [9.17, 15) is 14.7 Å². The Morgan fingerprint density at radius 1 is 1.28 bits per heavy atom. The van der Waals surface area contributed by atoms with Crippen LogP contribution in [0.4, 0.5) is 0 Å². The van der Waals surface area contributed by atoms with Crippen molar-refractivity contribution >= 4 is 22.8 Å². The van der Waals surface area contributed by atoms with Crippen LogP contribution >= 0.6 is 0 Å². The molecule has 2 aliphatic heterocycles. The summed E-state index contributed by atoms with van der Waals surface area (Å²) in [4.78, 5) is 30.6. The second kappa shape index (κ2) is 6.85. The van der Waals surface area contributed by atoms with Gasteiger partial charge in [0.05, 0.1) is 31.2 Å². The van der Waals surface area contributed by atoms with Crippen molar-refractivity contribution in [2.45, 2.75) is 43.9 Å². The number of H-pyrrole nitrogens is 1. The minimum atomic E-state index is -0.673. The molecule has 1 saturated carbocycles. The first kappa shape index (κ1) is 18.6. The van der Waals surface area contributed by atoms with Crippen molar-refractivity contribution in [2.24, 2.45) is 23.5 Å². The molecule has 1 aromatic carbocycles. The van der Waals surface area contributed by atoms with Gasteiger partial charge >= 0.3 is 5.97 Å². The predicted octanol–water partition coefficient (Wildman–Crippen LogP) is 1.50. The normalized spacial score (nSPS) is 34.1. The smallest absolute Gasteiger partial charge is 0.311 e. The number of benzene rings is 1. The van der Waals surface area contributed by atoms with Gasteiger partial charge in [-0.15, -0.1) is 0 Å². The third-order valence-corrected chi connectivity index (χ3v) is 7.44. The van der Waals surface area contributed by atoms with Crippen molar-refractivity contribution in [2.75, 3.05) is 13.7 Å². The molecule has 154 valence electrons. The number of hydrogen-bond donors (Lipinski definition) is 3. The highest BCUT2D eigenvalue weighted by molar-refractivity contribution is 5.88. The lowest BCUT2D eigenvalue weighted by Gasteiger charge is -2.52. The van der Waals surface area contributed by atoms with E-state index in [0.717, 1.165) is 28.6 Å². The minimum absolute atomic E-state index is 0.0256. The number of ether oxygens (including phenoxy) is 1. The Hall–Kier alpha value is -2.38. The minimum Gasteiger partial charge on any atom is -0.469 e. The number of nitrogens with two attached hydrogens (primary N) is 1. The number of nitrogens with one attached hydrogen (secondary N) is 1. The van der Waals surface area contributed by atoms with E-state index in [0.29, 0.717) is 25.8 Å². The van der Waals surface area contributed by atoms with Gasteiger partial charge in [-0.2, -0.15) is 0 Å². The molecule has 0 radical (unpaired) electrons. The van der Waals surface area contributed by atoms with Crippen molar-refractivity contribution in [1.82, 2.24) is 9.88 Å². The number of carbonyl (C=O) groups excluding carboxylic acids is 2. The Labute approximate surface area is 169 Å². The molecule has 2 aromatic rings. The summed E-state index contributed by atoms with van der Waals surface area (Å²) >= 11 is 0. The zero-order chi connectivity index (χ0) is 20.3. The van der Waals surface area contributed by atoms with E-state index in [2.05, 4.69) is 16.0 Å². The highest BCUT2D eigenvalue weighted by atomic mass is 16.5. The summed E-state index contributed by atoms with van der Waals surface area (Å²) in [6, 6.07) is 7.74. The van der Waals surface area contributed by atoms with Crippen molar-refractivity contribution in [1.29, 1.82) is 0 Å². The van der Waals surface area contributed by atoms with Gasteiger partial charge in [0, 0.05) is 23.1 Å². The largest absolute Gasteiger partial charge is 0.469 e. The molecular formula is C22H27N3O4. The van der Waals surface area contributed by atoms with Crippen LogP contribution in [0.15, 0.2) is 24.3 Å². The zero-order valence-corrected chi connectivity index (χ0v) is 16.5. The van der Waals surface area contributed by atoms with Crippen LogP contribution in [0.25, 0.3) is 10.9 Å². The molecule has 2 fully saturated rings. The number of rotatable bonds is 2. The Bertz CT molecular complexity index is 970. The lowest BCUT2D eigenvalue weighted by atomic mass is 9.64. The monoisotopic (exact) mass is 397 g/mol. The van der Waals surface area contributed by atoms with E-state index in [1.165, 1.54) is 7.11 Å². The lowest BCUT2D eigenvalue weighted by Crippen LogP contribution is -2.58. The number of fused-ring (bicyclic) bond motifs is 6. The maximum Gasteiger partial charge on any atom is 0.311 e. The second-order valence-corrected chi connectivity index (χ2v) is 8.75. The molecule has 1 saturated heterocycles. The van der Waals surface area contributed by atoms with Crippen LogP contribution in [-0.4, -0.2) is 52.7 Å². The fourth-order valence-corrected chi connectivity index (χ4v) is 6.11. The van der Waals surface area contributed by atoms with Gasteiger partial charge in [-0.25, -0.2) is 0 Å². The molecule has 0 bridgehead atoms. The number of primary amides is 1. The van der Waals surface area contributed by atoms with Crippen LogP contribution in [0.1, 0.15) is 36.6 Å². The van der Waals surface area contributed by atoms with Gasteiger partial charge in [0.15, 0.2) is 0 Å². The van der Waals surface area contributed by atoms with Gasteiger partial charge in [0.1, 0.15) is 0 Å². The number of para-hydroxylation sites is 1. The third-order valence-electron chi connectivity index (χ3n) is 7.44. The first-order valence-corrected chi connectivity index (χ1v) is 10.4. The molecule has 6 atom stereocenters. The molecule has 0 spiro atoms. The van der Waals surface area contributed by atoms with Crippen LogP contribution in [0.2, 0.25) is 0 Å². The maximum atomic E-state index is 12.5. The summed E-state index contributed by atoms with van der Waals surface area (Å²) in [5.74, 6) is -0.878. The van der Waals surface area contributed by atoms with E-state index in [-0.39, 0.29) is 35.8 Å². The molecule has 3 aliphatic rings. The van der Waals surface area contributed by atoms with E-state index in [1.807, 2.05) is 18.2 Å². The molecule has 7 nitrogen and oxygen atoms in total. The molecule has 1 amide bonds. The Kier molecular flexibility index (Phi) is 4.40. The summed E-state index contributed by atoms with van der Waals surface area (Å²) in [6.45, 7) is 0.706. The van der Waals surface area contributed by atoms with Crippen LogP contribution < -0.4 is 5.73 Å². The first-order chi connectivity index (χ1) is 14.0. The van der Waals surface area contributed by atoms with Gasteiger partial charge in [0.25, 0.3) is 0 Å². The quantitative estimate of drug-likeness (QED) is 0.666. The summed E-state index contributed by atoms with van der Waals surface area (Å²) in [5, 5.41) is 11.7. The predicted molar refractivity (Wildman–Crippen MR) is 107 cm³/mol. The van der Waals surface area contributed by atoms with Gasteiger partial charge in [-0.1, -0.05) is 18.2 Å². The molecule has 29 heavy (non-hydrogen) atoms. The molecule has 7 heteroatoms. The van der Waals surface area contributed by atoms with Crippen LogP contribution in [0, 0.1) is 17.8 Å². The zero-order valence-electron chi connectivity index (χ0n) is 16.5.